The van der Waals surface area contributed by atoms with Crippen molar-refractivity contribution < 1.29 is 9.53 Å². The Kier molecular flexibility index (Phi) is 5.18. The Balaban J connectivity index is 1.72. The number of nitrogens with two attached hydrogens (primary N) is 1. The molecule has 1 aliphatic rings. The van der Waals surface area contributed by atoms with Gasteiger partial charge in [-0.1, -0.05) is 18.6 Å². The van der Waals surface area contributed by atoms with E-state index in [2.05, 4.69) is 5.43 Å². The Hall–Kier alpha value is -1.59. The highest BCUT2D eigenvalue weighted by molar-refractivity contribution is 5.77. The number of ether oxygens (including phenoxy) is 1. The van der Waals surface area contributed by atoms with Crippen LogP contribution in [-0.4, -0.2) is 30.6 Å². The molecule has 0 atom stereocenters. The summed E-state index contributed by atoms with van der Waals surface area (Å²) in [7, 11) is 0. The Bertz CT molecular complexity index is 400. The predicted molar refractivity (Wildman–Crippen MR) is 73.4 cm³/mol. The van der Waals surface area contributed by atoms with Gasteiger partial charge in [0, 0.05) is 19.6 Å². The molecule has 0 aliphatic carbocycles. The fourth-order valence-electron chi connectivity index (χ4n) is 2.08. The average Bonchev–Trinajstić information content (AvgIpc) is 2.47. The van der Waals surface area contributed by atoms with E-state index in [9.17, 15) is 4.79 Å². The topological polar surface area (TPSA) is 67.6 Å². The summed E-state index contributed by atoms with van der Waals surface area (Å²) in [5.74, 6) is 0.579. The van der Waals surface area contributed by atoms with Crippen LogP contribution in [-0.2, 0) is 11.3 Å². The molecular weight excluding hydrogens is 242 g/mol. The first-order valence-corrected chi connectivity index (χ1v) is 6.74. The molecule has 0 bridgehead atoms. The highest BCUT2D eigenvalue weighted by Gasteiger charge is 2.12. The number of carbonyl (C=O) groups is 1. The van der Waals surface area contributed by atoms with Gasteiger partial charge in [0.15, 0.2) is 6.61 Å². The fourth-order valence-corrected chi connectivity index (χ4v) is 2.08. The lowest BCUT2D eigenvalue weighted by molar-refractivity contribution is -0.128. The molecule has 0 spiro atoms. The third kappa shape index (κ3) is 4.54. The second-order valence-electron chi connectivity index (χ2n) is 4.72. The molecule has 0 aromatic heterocycles. The number of benzene rings is 1. The average molecular weight is 263 g/mol. The van der Waals surface area contributed by atoms with Gasteiger partial charge in [0.05, 0.1) is 0 Å². The van der Waals surface area contributed by atoms with Gasteiger partial charge in [-0.15, -0.1) is 0 Å². The number of hydrogen-bond acceptors (Lipinski definition) is 4. The highest BCUT2D eigenvalue weighted by Crippen LogP contribution is 2.11. The lowest BCUT2D eigenvalue weighted by Crippen LogP contribution is -2.46. The molecule has 1 amide bonds. The molecular formula is C14H21N3O2. The van der Waals surface area contributed by atoms with Crippen LogP contribution in [0.4, 0.5) is 0 Å². The van der Waals surface area contributed by atoms with Crippen molar-refractivity contribution in [1.82, 2.24) is 10.4 Å². The molecule has 1 saturated heterocycles. The Labute approximate surface area is 113 Å². The normalized spacial score (nSPS) is 16.1. The SMILES string of the molecule is NCc1ccc(OCC(=O)NN2CCCCC2)cc1. The summed E-state index contributed by atoms with van der Waals surface area (Å²) in [5.41, 5.74) is 9.42. The second-order valence-corrected chi connectivity index (χ2v) is 4.72. The van der Waals surface area contributed by atoms with Gasteiger partial charge < -0.3 is 10.5 Å². The van der Waals surface area contributed by atoms with Crippen molar-refractivity contribution in [2.75, 3.05) is 19.7 Å². The lowest BCUT2D eigenvalue weighted by atomic mass is 10.2. The molecule has 5 heteroatoms. The highest BCUT2D eigenvalue weighted by atomic mass is 16.5. The molecule has 1 fully saturated rings. The van der Waals surface area contributed by atoms with Gasteiger partial charge in [-0.2, -0.15) is 0 Å². The van der Waals surface area contributed by atoms with Gasteiger partial charge in [-0.25, -0.2) is 5.01 Å². The molecule has 104 valence electrons. The number of nitrogens with one attached hydrogen (secondary N) is 1. The van der Waals surface area contributed by atoms with E-state index >= 15 is 0 Å². The molecule has 0 saturated carbocycles. The zero-order valence-corrected chi connectivity index (χ0v) is 11.1. The molecule has 1 aromatic rings. The van der Waals surface area contributed by atoms with Crippen molar-refractivity contribution in [2.45, 2.75) is 25.8 Å². The number of nitrogens with zero attached hydrogens (tertiary/aromatic N) is 1. The van der Waals surface area contributed by atoms with E-state index in [-0.39, 0.29) is 12.5 Å². The minimum Gasteiger partial charge on any atom is -0.484 e. The lowest BCUT2D eigenvalue weighted by Gasteiger charge is -2.26. The van der Waals surface area contributed by atoms with Crippen LogP contribution in [0.3, 0.4) is 0 Å². The van der Waals surface area contributed by atoms with Crippen LogP contribution in [0.1, 0.15) is 24.8 Å². The molecule has 5 nitrogen and oxygen atoms in total. The molecule has 3 N–H and O–H groups in total. The van der Waals surface area contributed by atoms with Crippen LogP contribution in [0.25, 0.3) is 0 Å². The van der Waals surface area contributed by atoms with Crippen LogP contribution >= 0.6 is 0 Å². The van der Waals surface area contributed by atoms with Crippen molar-refractivity contribution in [3.8, 4) is 5.75 Å². The fraction of sp³-hybridized carbons (Fsp3) is 0.500. The summed E-state index contributed by atoms with van der Waals surface area (Å²) in [4.78, 5) is 11.7. The van der Waals surface area contributed by atoms with Gasteiger partial charge in [0.25, 0.3) is 5.91 Å². The van der Waals surface area contributed by atoms with Crippen molar-refractivity contribution in [1.29, 1.82) is 0 Å². The molecule has 1 heterocycles. The van der Waals surface area contributed by atoms with Gasteiger partial charge in [0.2, 0.25) is 0 Å². The van der Waals surface area contributed by atoms with Crippen molar-refractivity contribution in [3.05, 3.63) is 29.8 Å². The van der Waals surface area contributed by atoms with E-state index in [0.717, 1.165) is 31.5 Å². The summed E-state index contributed by atoms with van der Waals surface area (Å²) in [5, 5.41) is 1.96. The van der Waals surface area contributed by atoms with Crippen LogP contribution < -0.4 is 15.9 Å². The number of rotatable bonds is 5. The van der Waals surface area contributed by atoms with E-state index in [1.165, 1.54) is 6.42 Å². The monoisotopic (exact) mass is 263 g/mol. The first-order valence-electron chi connectivity index (χ1n) is 6.74. The summed E-state index contributed by atoms with van der Waals surface area (Å²) in [6, 6.07) is 7.46. The van der Waals surface area contributed by atoms with Gasteiger partial charge in [-0.05, 0) is 30.5 Å². The summed E-state index contributed by atoms with van der Waals surface area (Å²) < 4.78 is 5.43. The molecule has 0 unspecified atom stereocenters. The van der Waals surface area contributed by atoms with E-state index < -0.39 is 0 Å². The van der Waals surface area contributed by atoms with E-state index in [4.69, 9.17) is 10.5 Å². The first kappa shape index (κ1) is 13.8. The van der Waals surface area contributed by atoms with Crippen LogP contribution in [0.2, 0.25) is 0 Å². The van der Waals surface area contributed by atoms with Gasteiger partial charge in [-0.3, -0.25) is 10.2 Å². The smallest absolute Gasteiger partial charge is 0.272 e. The Morgan fingerprint density at radius 3 is 2.53 bits per heavy atom. The van der Waals surface area contributed by atoms with Gasteiger partial charge >= 0.3 is 0 Å². The van der Waals surface area contributed by atoms with Crippen LogP contribution in [0.15, 0.2) is 24.3 Å². The number of piperidine rings is 1. The number of hydrogen-bond donors (Lipinski definition) is 2. The Morgan fingerprint density at radius 2 is 1.89 bits per heavy atom. The molecule has 1 aliphatic heterocycles. The molecule has 19 heavy (non-hydrogen) atoms. The standard InChI is InChI=1S/C14H21N3O2/c15-10-12-4-6-13(7-5-12)19-11-14(18)16-17-8-2-1-3-9-17/h4-7H,1-3,8-11,15H2,(H,16,18). The summed E-state index contributed by atoms with van der Waals surface area (Å²) >= 11 is 0. The zero-order valence-electron chi connectivity index (χ0n) is 11.1. The minimum absolute atomic E-state index is 0.0402. The molecule has 0 radical (unpaired) electrons. The van der Waals surface area contributed by atoms with Crippen molar-refractivity contribution in [2.24, 2.45) is 5.73 Å². The maximum absolute atomic E-state index is 11.7. The number of amides is 1. The summed E-state index contributed by atoms with van der Waals surface area (Å²) in [6.45, 7) is 2.40. The number of hydrazine groups is 1. The molecule has 2 rings (SSSR count). The quantitative estimate of drug-likeness (QED) is 0.833. The maximum atomic E-state index is 11.7. The predicted octanol–water partition coefficient (Wildman–Crippen LogP) is 1.04. The molecule has 1 aromatic carbocycles. The Morgan fingerprint density at radius 1 is 1.21 bits per heavy atom. The third-order valence-electron chi connectivity index (χ3n) is 3.17. The van der Waals surface area contributed by atoms with Crippen LogP contribution in [0, 0.1) is 0 Å². The van der Waals surface area contributed by atoms with E-state index in [1.54, 1.807) is 0 Å². The maximum Gasteiger partial charge on any atom is 0.272 e. The van der Waals surface area contributed by atoms with E-state index in [0.29, 0.717) is 12.3 Å². The minimum atomic E-state index is -0.107. The van der Waals surface area contributed by atoms with Gasteiger partial charge in [0.1, 0.15) is 5.75 Å². The first-order chi connectivity index (χ1) is 9.28. The van der Waals surface area contributed by atoms with Crippen molar-refractivity contribution >= 4 is 5.91 Å². The zero-order chi connectivity index (χ0) is 13.5. The third-order valence-corrected chi connectivity index (χ3v) is 3.17. The van der Waals surface area contributed by atoms with E-state index in [1.807, 2.05) is 29.3 Å². The van der Waals surface area contributed by atoms with Crippen molar-refractivity contribution in [3.63, 3.8) is 0 Å². The largest absolute Gasteiger partial charge is 0.484 e. The summed E-state index contributed by atoms with van der Waals surface area (Å²) in [6.07, 6.45) is 3.53. The van der Waals surface area contributed by atoms with Crippen LogP contribution in [0.5, 0.6) is 5.75 Å². The second kappa shape index (κ2) is 7.11. The number of carbonyl (C=O) groups excluding carboxylic acids is 1.